The Bertz CT molecular complexity index is 1320. The molecule has 2 aromatic carbocycles. The molecule has 8 nitrogen and oxygen atoms in total. The fourth-order valence-electron chi connectivity index (χ4n) is 3.43. The van der Waals surface area contributed by atoms with Crippen molar-refractivity contribution in [3.63, 3.8) is 0 Å². The van der Waals surface area contributed by atoms with Gasteiger partial charge in [-0.05, 0) is 72.7 Å². The zero-order chi connectivity index (χ0) is 21.3. The summed E-state index contributed by atoms with van der Waals surface area (Å²) < 4.78 is 3.95. The number of H-pyrrole nitrogens is 1. The van der Waals surface area contributed by atoms with Gasteiger partial charge in [0.15, 0.2) is 12.5 Å². The molecule has 0 amide bonds. The van der Waals surface area contributed by atoms with Gasteiger partial charge in [-0.1, -0.05) is 24.3 Å². The number of rotatable bonds is 6. The van der Waals surface area contributed by atoms with E-state index < -0.39 is 0 Å². The van der Waals surface area contributed by atoms with E-state index in [1.165, 1.54) is 0 Å². The molecule has 154 valence electrons. The predicted octanol–water partition coefficient (Wildman–Crippen LogP) is 1.71. The molecule has 1 unspecified atom stereocenters. The Morgan fingerprint density at radius 2 is 1.93 bits per heavy atom. The summed E-state index contributed by atoms with van der Waals surface area (Å²) in [5.41, 5.74) is 3.73. The summed E-state index contributed by atoms with van der Waals surface area (Å²) in [7, 11) is 0. The lowest BCUT2D eigenvalue weighted by molar-refractivity contribution is -0.936. The molecule has 0 aliphatic rings. The number of hydrogen-bond donors (Lipinski definition) is 2. The molecule has 1 atom stereocenters. The second kappa shape index (κ2) is 8.29. The van der Waals surface area contributed by atoms with Crippen molar-refractivity contribution in [3.05, 3.63) is 74.5 Å². The number of quaternary nitrogens is 1. The SMILES string of the molecule is CC[NH+](Cc1nc2ccccc2c(=O)[nH]1)Cn1nnn(-c2cc(C)ccc2C)c1=S. The van der Waals surface area contributed by atoms with Crippen molar-refractivity contribution >= 4 is 23.1 Å². The Balaban J connectivity index is 1.59. The number of tetrazole rings is 1. The van der Waals surface area contributed by atoms with Gasteiger partial charge < -0.3 is 9.88 Å². The van der Waals surface area contributed by atoms with Crippen molar-refractivity contribution in [2.45, 2.75) is 34.0 Å². The first-order chi connectivity index (χ1) is 14.5. The Morgan fingerprint density at radius 3 is 2.73 bits per heavy atom. The van der Waals surface area contributed by atoms with Gasteiger partial charge in [-0.2, -0.15) is 9.36 Å². The Morgan fingerprint density at radius 1 is 1.13 bits per heavy atom. The molecule has 0 aliphatic heterocycles. The predicted molar refractivity (Wildman–Crippen MR) is 117 cm³/mol. The fourth-order valence-corrected chi connectivity index (χ4v) is 3.67. The van der Waals surface area contributed by atoms with Gasteiger partial charge in [0.05, 0.1) is 23.1 Å². The summed E-state index contributed by atoms with van der Waals surface area (Å²) in [6.07, 6.45) is 0. The van der Waals surface area contributed by atoms with Crippen molar-refractivity contribution in [1.82, 2.24) is 29.8 Å². The molecule has 9 heteroatoms. The highest BCUT2D eigenvalue weighted by molar-refractivity contribution is 7.71. The highest BCUT2D eigenvalue weighted by Gasteiger charge is 2.15. The number of aryl methyl sites for hydroxylation is 2. The van der Waals surface area contributed by atoms with Gasteiger partial charge in [-0.3, -0.25) is 4.79 Å². The van der Waals surface area contributed by atoms with E-state index in [0.717, 1.165) is 28.3 Å². The van der Waals surface area contributed by atoms with Crippen molar-refractivity contribution in [1.29, 1.82) is 0 Å². The molecular weight excluding hydrogens is 398 g/mol. The van der Waals surface area contributed by atoms with Gasteiger partial charge in [0.1, 0.15) is 6.54 Å². The van der Waals surface area contributed by atoms with E-state index in [2.05, 4.69) is 45.5 Å². The molecule has 0 spiro atoms. The molecule has 2 aromatic heterocycles. The number of hydrogen-bond acceptors (Lipinski definition) is 5. The van der Waals surface area contributed by atoms with Crippen LogP contribution >= 0.6 is 12.2 Å². The zero-order valence-electron chi connectivity index (χ0n) is 17.2. The van der Waals surface area contributed by atoms with E-state index in [4.69, 9.17) is 12.2 Å². The van der Waals surface area contributed by atoms with Crippen LogP contribution in [0, 0.1) is 18.6 Å². The highest BCUT2D eigenvalue weighted by atomic mass is 32.1. The van der Waals surface area contributed by atoms with Gasteiger partial charge in [0.25, 0.3) is 5.56 Å². The summed E-state index contributed by atoms with van der Waals surface area (Å²) >= 11 is 5.64. The smallest absolute Gasteiger partial charge is 0.258 e. The topological polar surface area (TPSA) is 85.8 Å². The highest BCUT2D eigenvalue weighted by Crippen LogP contribution is 2.15. The molecule has 2 heterocycles. The molecule has 30 heavy (non-hydrogen) atoms. The lowest BCUT2D eigenvalue weighted by Gasteiger charge is -2.16. The standard InChI is InChI=1S/C21H23N7OS/c1-4-26(12-19-22-17-8-6-5-7-16(17)20(29)23-19)13-27-21(30)28(25-24-27)18-11-14(2)9-10-15(18)3/h5-11H,4,12-13H2,1-3H3,(H,22,23,29)/p+1. The summed E-state index contributed by atoms with van der Waals surface area (Å²) in [4.78, 5) is 21.0. The Labute approximate surface area is 178 Å². The van der Waals surface area contributed by atoms with Gasteiger partial charge in [-0.25, -0.2) is 4.98 Å². The van der Waals surface area contributed by atoms with E-state index in [1.54, 1.807) is 15.4 Å². The number of fused-ring (bicyclic) bond motifs is 1. The fraction of sp³-hybridized carbons (Fsp3) is 0.286. The van der Waals surface area contributed by atoms with Gasteiger partial charge in [0, 0.05) is 0 Å². The van der Waals surface area contributed by atoms with Gasteiger partial charge in [-0.15, -0.1) is 0 Å². The van der Waals surface area contributed by atoms with Crippen molar-refractivity contribution in [3.8, 4) is 5.69 Å². The molecule has 0 radical (unpaired) electrons. The number of aromatic amines is 1. The first-order valence-corrected chi connectivity index (χ1v) is 10.3. The lowest BCUT2D eigenvalue weighted by Crippen LogP contribution is -3.09. The number of benzene rings is 2. The maximum Gasteiger partial charge on any atom is 0.258 e. The molecule has 4 aromatic rings. The molecule has 0 bridgehead atoms. The molecule has 0 fully saturated rings. The molecule has 0 saturated heterocycles. The average Bonchev–Trinajstić information content (AvgIpc) is 3.09. The summed E-state index contributed by atoms with van der Waals surface area (Å²) in [6, 6.07) is 13.5. The number of nitrogens with one attached hydrogen (secondary N) is 2. The van der Waals surface area contributed by atoms with E-state index in [0.29, 0.717) is 34.7 Å². The molecule has 2 N–H and O–H groups in total. The second-order valence-corrected chi connectivity index (χ2v) is 7.80. The monoisotopic (exact) mass is 422 g/mol. The summed E-state index contributed by atoms with van der Waals surface area (Å²) in [6.45, 7) is 8.03. The minimum absolute atomic E-state index is 0.122. The van der Waals surface area contributed by atoms with Gasteiger partial charge >= 0.3 is 0 Å². The maximum atomic E-state index is 12.3. The van der Waals surface area contributed by atoms with E-state index in [9.17, 15) is 4.79 Å². The van der Waals surface area contributed by atoms with Crippen LogP contribution in [0.15, 0.2) is 47.3 Å². The van der Waals surface area contributed by atoms with Crippen LogP contribution in [-0.2, 0) is 13.2 Å². The van der Waals surface area contributed by atoms with Crippen molar-refractivity contribution in [2.75, 3.05) is 6.54 Å². The Kier molecular flexibility index (Phi) is 5.56. The molecular formula is C21H24N7OS+. The van der Waals surface area contributed by atoms with E-state index in [-0.39, 0.29) is 5.56 Å². The first-order valence-electron chi connectivity index (χ1n) is 9.88. The van der Waals surface area contributed by atoms with Crippen LogP contribution in [-0.4, -0.2) is 36.3 Å². The van der Waals surface area contributed by atoms with E-state index in [1.807, 2.05) is 32.0 Å². The third-order valence-electron chi connectivity index (χ3n) is 5.18. The lowest BCUT2D eigenvalue weighted by atomic mass is 10.1. The van der Waals surface area contributed by atoms with Crippen LogP contribution in [0.4, 0.5) is 0 Å². The molecule has 0 aliphatic carbocycles. The molecule has 0 saturated carbocycles. The number of nitrogens with zero attached hydrogens (tertiary/aromatic N) is 5. The van der Waals surface area contributed by atoms with Crippen LogP contribution < -0.4 is 10.5 Å². The van der Waals surface area contributed by atoms with Crippen molar-refractivity contribution < 1.29 is 4.90 Å². The Hall–Kier alpha value is -3.17. The normalized spacial score (nSPS) is 12.4. The molecule has 4 rings (SSSR count). The zero-order valence-corrected chi connectivity index (χ0v) is 18.0. The number of para-hydroxylation sites is 1. The quantitative estimate of drug-likeness (QED) is 0.462. The summed E-state index contributed by atoms with van der Waals surface area (Å²) in [5, 5.41) is 9.14. The summed E-state index contributed by atoms with van der Waals surface area (Å²) in [5.74, 6) is 0.643. The number of aromatic nitrogens is 6. The minimum atomic E-state index is -0.122. The third-order valence-corrected chi connectivity index (χ3v) is 5.57. The van der Waals surface area contributed by atoms with Crippen LogP contribution in [0.1, 0.15) is 23.9 Å². The van der Waals surface area contributed by atoms with Crippen LogP contribution in [0.5, 0.6) is 0 Å². The largest absolute Gasteiger partial charge is 0.310 e. The minimum Gasteiger partial charge on any atom is -0.310 e. The average molecular weight is 423 g/mol. The second-order valence-electron chi connectivity index (χ2n) is 7.43. The third kappa shape index (κ3) is 3.94. The maximum absolute atomic E-state index is 12.3. The van der Waals surface area contributed by atoms with Crippen LogP contribution in [0.3, 0.4) is 0 Å². The van der Waals surface area contributed by atoms with Gasteiger partial charge in [0.2, 0.25) is 4.77 Å². The van der Waals surface area contributed by atoms with E-state index >= 15 is 0 Å². The van der Waals surface area contributed by atoms with Crippen molar-refractivity contribution in [2.24, 2.45) is 0 Å². The van der Waals surface area contributed by atoms with Crippen LogP contribution in [0.2, 0.25) is 0 Å². The first kappa shape index (κ1) is 20.1. The van der Waals surface area contributed by atoms with Crippen LogP contribution in [0.25, 0.3) is 16.6 Å².